The number of benzene rings is 4. The van der Waals surface area contributed by atoms with E-state index in [0.717, 1.165) is 33.0 Å². The number of anilines is 1. The molecule has 0 aromatic heterocycles. The molecular formula is C36H40BrN3O4S. The van der Waals surface area contributed by atoms with Gasteiger partial charge in [0.25, 0.3) is 10.0 Å². The SMILES string of the molecule is CCC(C)NC(=O)C(Cc1ccccc1)N(Cc1ccccc1C)C(=O)CN(c1cccc(Br)c1)S(=O)(=O)c1ccc(C)cc1. The maximum Gasteiger partial charge on any atom is 0.264 e. The van der Waals surface area contributed by atoms with Crippen molar-refractivity contribution in [1.29, 1.82) is 0 Å². The van der Waals surface area contributed by atoms with Gasteiger partial charge in [0, 0.05) is 23.5 Å². The molecule has 0 saturated carbocycles. The van der Waals surface area contributed by atoms with Crippen molar-refractivity contribution in [3.8, 4) is 0 Å². The van der Waals surface area contributed by atoms with E-state index in [1.165, 1.54) is 4.90 Å². The Morgan fingerprint density at radius 3 is 2.18 bits per heavy atom. The van der Waals surface area contributed by atoms with E-state index in [2.05, 4.69) is 21.2 Å². The number of carbonyl (C=O) groups excluding carboxylic acids is 2. The summed E-state index contributed by atoms with van der Waals surface area (Å²) in [5, 5.41) is 3.07. The smallest absolute Gasteiger partial charge is 0.264 e. The Kier molecular flexibility index (Phi) is 11.6. The number of rotatable bonds is 13. The minimum Gasteiger partial charge on any atom is -0.352 e. The monoisotopic (exact) mass is 689 g/mol. The first-order valence-electron chi connectivity index (χ1n) is 15.0. The predicted molar refractivity (Wildman–Crippen MR) is 183 cm³/mol. The summed E-state index contributed by atoms with van der Waals surface area (Å²) in [6, 6.07) is 29.7. The molecule has 0 aliphatic rings. The summed E-state index contributed by atoms with van der Waals surface area (Å²) >= 11 is 3.45. The first-order valence-corrected chi connectivity index (χ1v) is 17.3. The fourth-order valence-electron chi connectivity index (χ4n) is 4.96. The van der Waals surface area contributed by atoms with Gasteiger partial charge in [-0.1, -0.05) is 101 Å². The van der Waals surface area contributed by atoms with Crippen molar-refractivity contribution in [2.45, 2.75) is 64.1 Å². The van der Waals surface area contributed by atoms with Crippen LogP contribution in [0.5, 0.6) is 0 Å². The number of hydrogen-bond acceptors (Lipinski definition) is 4. The van der Waals surface area contributed by atoms with Crippen LogP contribution >= 0.6 is 15.9 Å². The average molecular weight is 691 g/mol. The third kappa shape index (κ3) is 8.83. The van der Waals surface area contributed by atoms with Crippen LogP contribution < -0.4 is 9.62 Å². The maximum absolute atomic E-state index is 14.6. The Morgan fingerprint density at radius 1 is 0.867 bits per heavy atom. The second-order valence-electron chi connectivity index (χ2n) is 11.3. The van der Waals surface area contributed by atoms with E-state index >= 15 is 0 Å². The summed E-state index contributed by atoms with van der Waals surface area (Å²) in [6.45, 7) is 7.38. The highest BCUT2D eigenvalue weighted by atomic mass is 79.9. The number of nitrogens with one attached hydrogen (secondary N) is 1. The molecule has 1 N–H and O–H groups in total. The van der Waals surface area contributed by atoms with Crippen LogP contribution in [-0.4, -0.2) is 43.8 Å². The van der Waals surface area contributed by atoms with Crippen molar-refractivity contribution in [3.05, 3.63) is 130 Å². The van der Waals surface area contributed by atoms with Gasteiger partial charge in [0.2, 0.25) is 11.8 Å². The number of halogens is 1. The normalized spacial score (nSPS) is 12.6. The second kappa shape index (κ2) is 15.4. The van der Waals surface area contributed by atoms with Gasteiger partial charge >= 0.3 is 0 Å². The topological polar surface area (TPSA) is 86.8 Å². The molecule has 0 spiro atoms. The zero-order valence-electron chi connectivity index (χ0n) is 26.1. The highest BCUT2D eigenvalue weighted by Crippen LogP contribution is 2.28. The van der Waals surface area contributed by atoms with Gasteiger partial charge in [0.1, 0.15) is 12.6 Å². The van der Waals surface area contributed by atoms with Gasteiger partial charge in [0.15, 0.2) is 0 Å². The molecule has 236 valence electrons. The lowest BCUT2D eigenvalue weighted by molar-refractivity contribution is -0.140. The molecule has 0 bridgehead atoms. The Labute approximate surface area is 275 Å². The van der Waals surface area contributed by atoms with E-state index in [0.29, 0.717) is 10.2 Å². The molecule has 4 rings (SSSR count). The quantitative estimate of drug-likeness (QED) is 0.167. The molecule has 2 unspecified atom stereocenters. The van der Waals surface area contributed by atoms with E-state index in [4.69, 9.17) is 0 Å². The molecule has 0 aliphatic heterocycles. The lowest BCUT2D eigenvalue weighted by Gasteiger charge is -2.34. The summed E-state index contributed by atoms with van der Waals surface area (Å²) < 4.78 is 30.1. The average Bonchev–Trinajstić information content (AvgIpc) is 3.02. The summed E-state index contributed by atoms with van der Waals surface area (Å²) in [5.74, 6) is -0.778. The van der Waals surface area contributed by atoms with Crippen LogP contribution in [0.15, 0.2) is 112 Å². The number of sulfonamides is 1. The molecule has 2 atom stereocenters. The van der Waals surface area contributed by atoms with Gasteiger partial charge in [-0.25, -0.2) is 8.42 Å². The van der Waals surface area contributed by atoms with E-state index in [1.54, 1.807) is 48.5 Å². The van der Waals surface area contributed by atoms with Crippen molar-refractivity contribution in [2.75, 3.05) is 10.8 Å². The van der Waals surface area contributed by atoms with Gasteiger partial charge in [-0.3, -0.25) is 13.9 Å². The van der Waals surface area contributed by atoms with E-state index in [9.17, 15) is 18.0 Å². The van der Waals surface area contributed by atoms with Crippen molar-refractivity contribution in [3.63, 3.8) is 0 Å². The zero-order chi connectivity index (χ0) is 32.6. The number of hydrogen-bond donors (Lipinski definition) is 1. The molecule has 0 saturated heterocycles. The predicted octanol–water partition coefficient (Wildman–Crippen LogP) is 6.82. The summed E-state index contributed by atoms with van der Waals surface area (Å²) in [7, 11) is -4.16. The first-order chi connectivity index (χ1) is 21.5. The molecule has 2 amide bonds. The molecule has 9 heteroatoms. The minimum atomic E-state index is -4.16. The molecule has 0 heterocycles. The molecule has 0 aliphatic carbocycles. The van der Waals surface area contributed by atoms with Gasteiger partial charge in [-0.05, 0) is 74.2 Å². The van der Waals surface area contributed by atoms with Crippen LogP contribution in [0.2, 0.25) is 0 Å². The minimum absolute atomic E-state index is 0.0710. The second-order valence-corrected chi connectivity index (χ2v) is 14.1. The fraction of sp³-hybridized carbons (Fsp3) is 0.278. The van der Waals surface area contributed by atoms with E-state index in [1.807, 2.05) is 82.3 Å². The van der Waals surface area contributed by atoms with Crippen molar-refractivity contribution >= 4 is 43.5 Å². The van der Waals surface area contributed by atoms with Crippen molar-refractivity contribution < 1.29 is 18.0 Å². The van der Waals surface area contributed by atoms with Gasteiger partial charge < -0.3 is 10.2 Å². The number of carbonyl (C=O) groups is 2. The lowest BCUT2D eigenvalue weighted by Crippen LogP contribution is -2.54. The summed E-state index contributed by atoms with van der Waals surface area (Å²) in [4.78, 5) is 30.1. The van der Waals surface area contributed by atoms with Crippen LogP contribution in [0, 0.1) is 13.8 Å². The van der Waals surface area contributed by atoms with Crippen LogP contribution in [0.1, 0.15) is 42.5 Å². The van der Waals surface area contributed by atoms with Gasteiger partial charge in [-0.2, -0.15) is 0 Å². The summed E-state index contributed by atoms with van der Waals surface area (Å²) in [6.07, 6.45) is 0.989. The Bertz CT molecular complexity index is 1710. The molecule has 4 aromatic carbocycles. The Morgan fingerprint density at radius 2 is 1.53 bits per heavy atom. The molecule has 0 fully saturated rings. The standard InChI is InChI=1S/C36H40BrN3O4S/c1-5-28(4)38-36(42)34(22-29-13-7-6-8-14-29)39(24-30-15-10-9-12-27(30)3)35(41)25-40(32-17-11-16-31(37)23-32)45(43,44)33-20-18-26(2)19-21-33/h6-21,23,28,34H,5,22,24-25H2,1-4H3,(H,38,42). The van der Waals surface area contributed by atoms with Crippen LogP contribution in [-0.2, 0) is 32.6 Å². The third-order valence-corrected chi connectivity index (χ3v) is 10.1. The molecule has 7 nitrogen and oxygen atoms in total. The number of aryl methyl sites for hydroxylation is 2. The largest absolute Gasteiger partial charge is 0.352 e. The molecule has 45 heavy (non-hydrogen) atoms. The Balaban J connectivity index is 1.82. The van der Waals surface area contributed by atoms with Crippen molar-refractivity contribution in [2.24, 2.45) is 0 Å². The number of nitrogens with zero attached hydrogens (tertiary/aromatic N) is 2. The first kappa shape index (κ1) is 33.9. The highest BCUT2D eigenvalue weighted by molar-refractivity contribution is 9.10. The van der Waals surface area contributed by atoms with E-state index in [-0.39, 0.29) is 29.8 Å². The molecular weight excluding hydrogens is 650 g/mol. The van der Waals surface area contributed by atoms with Gasteiger partial charge in [0.05, 0.1) is 10.6 Å². The van der Waals surface area contributed by atoms with Gasteiger partial charge in [-0.15, -0.1) is 0 Å². The lowest BCUT2D eigenvalue weighted by atomic mass is 10.0. The molecule has 0 radical (unpaired) electrons. The number of amides is 2. The Hall–Kier alpha value is -3.95. The zero-order valence-corrected chi connectivity index (χ0v) is 28.5. The van der Waals surface area contributed by atoms with E-state index < -0.39 is 28.5 Å². The molecule has 4 aromatic rings. The van der Waals surface area contributed by atoms with Crippen LogP contribution in [0.4, 0.5) is 5.69 Å². The maximum atomic E-state index is 14.6. The highest BCUT2D eigenvalue weighted by Gasteiger charge is 2.35. The summed E-state index contributed by atoms with van der Waals surface area (Å²) in [5.41, 5.74) is 3.97. The fourth-order valence-corrected chi connectivity index (χ4v) is 6.76. The van der Waals surface area contributed by atoms with Crippen LogP contribution in [0.25, 0.3) is 0 Å². The van der Waals surface area contributed by atoms with Crippen LogP contribution in [0.3, 0.4) is 0 Å². The third-order valence-electron chi connectivity index (χ3n) is 7.86. The van der Waals surface area contributed by atoms with Crippen molar-refractivity contribution in [1.82, 2.24) is 10.2 Å².